The van der Waals surface area contributed by atoms with E-state index in [9.17, 15) is 4.79 Å². The number of carbonyl (C=O) groups is 1. The summed E-state index contributed by atoms with van der Waals surface area (Å²) in [5.74, 6) is -0.0188. The first-order valence-corrected chi connectivity index (χ1v) is 11.1. The summed E-state index contributed by atoms with van der Waals surface area (Å²) in [6, 6.07) is 28.7. The highest BCUT2D eigenvalue weighted by atomic mass is 16.1. The standard InChI is InChI=1S/C27H31N3O/c1-30(27(16-17-28-21-27)20-22-8-4-2-5-9-22)19-18-29-26(31)25-14-12-24(13-15-25)23-10-6-3-7-11-23/h2-15,28H,16-21H2,1H3,(H,29,31)/t27-/m0/s1. The van der Waals surface area contributed by atoms with Crippen molar-refractivity contribution in [2.24, 2.45) is 0 Å². The Morgan fingerprint density at radius 1 is 0.935 bits per heavy atom. The molecule has 1 heterocycles. The molecule has 2 N–H and O–H groups in total. The minimum atomic E-state index is -0.0188. The van der Waals surface area contributed by atoms with Gasteiger partial charge < -0.3 is 10.6 Å². The summed E-state index contributed by atoms with van der Waals surface area (Å²) in [6.45, 7) is 3.47. The average Bonchev–Trinajstić information content (AvgIpc) is 3.30. The number of nitrogens with zero attached hydrogens (tertiary/aromatic N) is 1. The Hall–Kier alpha value is -2.95. The largest absolute Gasteiger partial charge is 0.351 e. The van der Waals surface area contributed by atoms with Crippen molar-refractivity contribution in [1.29, 1.82) is 0 Å². The van der Waals surface area contributed by atoms with Crippen LogP contribution in [0.2, 0.25) is 0 Å². The van der Waals surface area contributed by atoms with Crippen LogP contribution in [0.1, 0.15) is 22.3 Å². The zero-order valence-electron chi connectivity index (χ0n) is 18.2. The number of benzene rings is 3. The molecule has 4 rings (SSSR count). The summed E-state index contributed by atoms with van der Waals surface area (Å²) in [5, 5.41) is 6.62. The second-order valence-electron chi connectivity index (χ2n) is 8.43. The van der Waals surface area contributed by atoms with Crippen molar-refractivity contribution in [2.75, 3.05) is 33.2 Å². The van der Waals surface area contributed by atoms with Crippen LogP contribution < -0.4 is 10.6 Å². The third-order valence-electron chi connectivity index (χ3n) is 6.39. The van der Waals surface area contributed by atoms with Crippen LogP contribution in [0.4, 0.5) is 0 Å². The molecular formula is C27H31N3O. The minimum absolute atomic E-state index is 0.0188. The highest BCUT2D eigenvalue weighted by Crippen LogP contribution is 2.26. The third kappa shape index (κ3) is 5.22. The minimum Gasteiger partial charge on any atom is -0.351 e. The molecule has 0 aliphatic carbocycles. The summed E-state index contributed by atoms with van der Waals surface area (Å²) in [7, 11) is 2.18. The van der Waals surface area contributed by atoms with E-state index in [-0.39, 0.29) is 11.4 Å². The number of carbonyl (C=O) groups excluding carboxylic acids is 1. The SMILES string of the molecule is CN(CCNC(=O)c1ccc(-c2ccccc2)cc1)[C@]1(Cc2ccccc2)CCNC1. The Morgan fingerprint density at radius 2 is 1.58 bits per heavy atom. The van der Waals surface area contributed by atoms with E-state index in [0.717, 1.165) is 43.6 Å². The van der Waals surface area contributed by atoms with Gasteiger partial charge in [-0.05, 0) is 55.3 Å². The van der Waals surface area contributed by atoms with Crippen LogP contribution in [0.25, 0.3) is 11.1 Å². The van der Waals surface area contributed by atoms with Gasteiger partial charge in [0.2, 0.25) is 0 Å². The molecule has 160 valence electrons. The van der Waals surface area contributed by atoms with Crippen molar-refractivity contribution in [3.8, 4) is 11.1 Å². The lowest BCUT2D eigenvalue weighted by Gasteiger charge is -2.38. The van der Waals surface area contributed by atoms with Crippen molar-refractivity contribution >= 4 is 5.91 Å². The highest BCUT2D eigenvalue weighted by Gasteiger charge is 2.37. The Balaban J connectivity index is 1.32. The van der Waals surface area contributed by atoms with Crippen LogP contribution in [-0.4, -0.2) is 49.6 Å². The van der Waals surface area contributed by atoms with E-state index in [1.807, 2.05) is 42.5 Å². The lowest BCUT2D eigenvalue weighted by atomic mass is 9.88. The van der Waals surface area contributed by atoms with Crippen molar-refractivity contribution in [3.05, 3.63) is 96.1 Å². The molecule has 3 aromatic rings. The van der Waals surface area contributed by atoms with Gasteiger partial charge in [-0.15, -0.1) is 0 Å². The molecule has 0 radical (unpaired) electrons. The van der Waals surface area contributed by atoms with E-state index >= 15 is 0 Å². The normalized spacial score (nSPS) is 18.3. The first kappa shape index (κ1) is 21.3. The van der Waals surface area contributed by atoms with Gasteiger partial charge in [-0.25, -0.2) is 0 Å². The maximum Gasteiger partial charge on any atom is 0.251 e. The molecule has 4 nitrogen and oxygen atoms in total. The first-order chi connectivity index (χ1) is 15.2. The fraction of sp³-hybridized carbons (Fsp3) is 0.296. The average molecular weight is 414 g/mol. The molecule has 1 amide bonds. The fourth-order valence-corrected chi connectivity index (χ4v) is 4.44. The van der Waals surface area contributed by atoms with Gasteiger partial charge >= 0.3 is 0 Å². The summed E-state index contributed by atoms with van der Waals surface area (Å²) in [5.41, 5.74) is 4.44. The van der Waals surface area contributed by atoms with Crippen molar-refractivity contribution in [1.82, 2.24) is 15.5 Å². The zero-order chi connectivity index (χ0) is 21.5. The third-order valence-corrected chi connectivity index (χ3v) is 6.39. The molecule has 3 aromatic carbocycles. The number of amides is 1. The monoisotopic (exact) mass is 413 g/mol. The van der Waals surface area contributed by atoms with E-state index in [1.165, 1.54) is 5.56 Å². The molecule has 1 saturated heterocycles. The molecule has 31 heavy (non-hydrogen) atoms. The van der Waals surface area contributed by atoms with Crippen LogP contribution >= 0.6 is 0 Å². The Labute approximate surface area is 185 Å². The molecule has 0 saturated carbocycles. The van der Waals surface area contributed by atoms with E-state index < -0.39 is 0 Å². The molecule has 4 heteroatoms. The lowest BCUT2D eigenvalue weighted by molar-refractivity contribution is 0.0931. The van der Waals surface area contributed by atoms with Crippen molar-refractivity contribution < 1.29 is 4.79 Å². The number of likely N-dealkylation sites (N-methyl/N-ethyl adjacent to an activating group) is 1. The Kier molecular flexibility index (Phi) is 6.80. The van der Waals surface area contributed by atoms with Gasteiger partial charge in [0.15, 0.2) is 0 Å². The topological polar surface area (TPSA) is 44.4 Å². The van der Waals surface area contributed by atoms with E-state index in [0.29, 0.717) is 12.1 Å². The first-order valence-electron chi connectivity index (χ1n) is 11.1. The lowest BCUT2D eigenvalue weighted by Crippen LogP contribution is -2.52. The van der Waals surface area contributed by atoms with Gasteiger partial charge in [0.1, 0.15) is 0 Å². The summed E-state index contributed by atoms with van der Waals surface area (Å²) in [4.78, 5) is 15.0. The zero-order valence-corrected chi connectivity index (χ0v) is 18.2. The maximum atomic E-state index is 12.6. The summed E-state index contributed by atoms with van der Waals surface area (Å²) < 4.78 is 0. The van der Waals surface area contributed by atoms with Crippen molar-refractivity contribution in [3.63, 3.8) is 0 Å². The van der Waals surface area contributed by atoms with Crippen molar-refractivity contribution in [2.45, 2.75) is 18.4 Å². The van der Waals surface area contributed by atoms with Crippen LogP contribution in [0.15, 0.2) is 84.9 Å². The predicted molar refractivity (Wildman–Crippen MR) is 127 cm³/mol. The van der Waals surface area contributed by atoms with Crippen LogP contribution in [0.3, 0.4) is 0 Å². The number of hydrogen-bond acceptors (Lipinski definition) is 3. The second kappa shape index (κ2) is 9.90. The molecule has 0 aromatic heterocycles. The Morgan fingerprint density at radius 3 is 2.23 bits per heavy atom. The highest BCUT2D eigenvalue weighted by molar-refractivity contribution is 5.94. The van der Waals surface area contributed by atoms with E-state index in [4.69, 9.17) is 0 Å². The maximum absolute atomic E-state index is 12.6. The molecule has 1 fully saturated rings. The van der Waals surface area contributed by atoms with Gasteiger partial charge in [-0.3, -0.25) is 9.69 Å². The fourth-order valence-electron chi connectivity index (χ4n) is 4.44. The van der Waals surface area contributed by atoms with Gasteiger partial charge in [0.05, 0.1) is 0 Å². The Bertz CT molecular complexity index is 964. The van der Waals surface area contributed by atoms with Crippen LogP contribution in [0, 0.1) is 0 Å². The molecule has 0 spiro atoms. The second-order valence-corrected chi connectivity index (χ2v) is 8.43. The van der Waals surface area contributed by atoms with Gasteiger partial charge in [0, 0.05) is 30.7 Å². The number of hydrogen-bond donors (Lipinski definition) is 2. The van der Waals surface area contributed by atoms with Gasteiger partial charge in [0.25, 0.3) is 5.91 Å². The summed E-state index contributed by atoms with van der Waals surface area (Å²) >= 11 is 0. The van der Waals surface area contributed by atoms with Crippen LogP contribution in [-0.2, 0) is 6.42 Å². The molecule has 1 aliphatic rings. The molecule has 0 bridgehead atoms. The quantitative estimate of drug-likeness (QED) is 0.587. The number of rotatable bonds is 8. The van der Waals surface area contributed by atoms with Gasteiger partial charge in [-0.2, -0.15) is 0 Å². The number of nitrogens with one attached hydrogen (secondary N) is 2. The summed E-state index contributed by atoms with van der Waals surface area (Å²) in [6.07, 6.45) is 2.14. The smallest absolute Gasteiger partial charge is 0.251 e. The molecule has 1 aliphatic heterocycles. The van der Waals surface area contributed by atoms with Gasteiger partial charge in [-0.1, -0.05) is 72.8 Å². The van der Waals surface area contributed by atoms with E-state index in [2.05, 4.69) is 65.0 Å². The molecule has 1 atom stereocenters. The van der Waals surface area contributed by atoms with E-state index in [1.54, 1.807) is 0 Å². The predicted octanol–water partition coefficient (Wildman–Crippen LogP) is 3.99. The molecular weight excluding hydrogens is 382 g/mol. The molecule has 0 unspecified atom stereocenters. The van der Waals surface area contributed by atoms with Crippen LogP contribution in [0.5, 0.6) is 0 Å².